The van der Waals surface area contributed by atoms with Crippen molar-refractivity contribution in [3.05, 3.63) is 53.6 Å². The summed E-state index contributed by atoms with van der Waals surface area (Å²) in [4.78, 5) is 17.7. The molecule has 1 atom stereocenters. The van der Waals surface area contributed by atoms with Crippen molar-refractivity contribution in [3.8, 4) is 17.2 Å². The molecule has 1 aliphatic rings. The van der Waals surface area contributed by atoms with Gasteiger partial charge in [-0.1, -0.05) is 26.0 Å². The SMILES string of the molecule is COc1cccc(CN2CCOC(CN(CC(C)C)C(=O)c3ccc(OC)c(OC)c3)C2)c1. The van der Waals surface area contributed by atoms with Crippen LogP contribution in [0.4, 0.5) is 0 Å². The molecular formula is C26H36N2O5. The minimum Gasteiger partial charge on any atom is -0.497 e. The van der Waals surface area contributed by atoms with E-state index in [2.05, 4.69) is 30.9 Å². The van der Waals surface area contributed by atoms with Gasteiger partial charge < -0.3 is 23.8 Å². The Morgan fingerprint density at radius 3 is 2.58 bits per heavy atom. The minimum atomic E-state index is -0.0489. The van der Waals surface area contributed by atoms with Gasteiger partial charge >= 0.3 is 0 Å². The fourth-order valence-electron chi connectivity index (χ4n) is 4.14. The third-order valence-corrected chi connectivity index (χ3v) is 5.69. The van der Waals surface area contributed by atoms with E-state index in [1.807, 2.05) is 17.0 Å². The van der Waals surface area contributed by atoms with Gasteiger partial charge in [-0.15, -0.1) is 0 Å². The molecule has 7 heteroatoms. The summed E-state index contributed by atoms with van der Waals surface area (Å²) >= 11 is 0. The Morgan fingerprint density at radius 2 is 1.88 bits per heavy atom. The van der Waals surface area contributed by atoms with E-state index in [0.29, 0.717) is 42.7 Å². The Kier molecular flexibility index (Phi) is 8.97. The van der Waals surface area contributed by atoms with Crippen LogP contribution in [-0.2, 0) is 11.3 Å². The molecule has 0 spiro atoms. The summed E-state index contributed by atoms with van der Waals surface area (Å²) in [7, 11) is 4.84. The third-order valence-electron chi connectivity index (χ3n) is 5.69. The Bertz CT molecular complexity index is 917. The van der Waals surface area contributed by atoms with Crippen LogP contribution in [0.3, 0.4) is 0 Å². The first-order chi connectivity index (χ1) is 15.9. The van der Waals surface area contributed by atoms with E-state index in [1.165, 1.54) is 5.56 Å². The summed E-state index contributed by atoms with van der Waals surface area (Å²) < 4.78 is 22.1. The van der Waals surface area contributed by atoms with Crippen LogP contribution in [-0.4, -0.2) is 75.9 Å². The van der Waals surface area contributed by atoms with Gasteiger partial charge in [0, 0.05) is 38.3 Å². The van der Waals surface area contributed by atoms with Crippen LogP contribution >= 0.6 is 0 Å². The molecule has 1 amide bonds. The molecule has 2 aromatic rings. The van der Waals surface area contributed by atoms with Crippen molar-refractivity contribution in [2.75, 3.05) is 54.1 Å². The van der Waals surface area contributed by atoms with Crippen LogP contribution in [0.25, 0.3) is 0 Å². The molecule has 1 aliphatic heterocycles. The first kappa shape index (κ1) is 24.9. The van der Waals surface area contributed by atoms with Gasteiger partial charge in [-0.3, -0.25) is 9.69 Å². The molecule has 3 rings (SSSR count). The Hall–Kier alpha value is -2.77. The maximum atomic E-state index is 13.4. The highest BCUT2D eigenvalue weighted by Crippen LogP contribution is 2.28. The highest BCUT2D eigenvalue weighted by atomic mass is 16.5. The molecule has 0 saturated carbocycles. The van der Waals surface area contributed by atoms with E-state index in [-0.39, 0.29) is 12.0 Å². The number of carbonyl (C=O) groups excluding carboxylic acids is 1. The van der Waals surface area contributed by atoms with Crippen LogP contribution in [0.5, 0.6) is 17.2 Å². The topological polar surface area (TPSA) is 60.5 Å². The van der Waals surface area contributed by atoms with Crippen molar-refractivity contribution in [2.24, 2.45) is 5.92 Å². The summed E-state index contributed by atoms with van der Waals surface area (Å²) in [6, 6.07) is 13.4. The quantitative estimate of drug-likeness (QED) is 0.543. The number of hydrogen-bond donors (Lipinski definition) is 0. The molecule has 2 aromatic carbocycles. The van der Waals surface area contributed by atoms with Crippen LogP contribution < -0.4 is 14.2 Å². The lowest BCUT2D eigenvalue weighted by Gasteiger charge is -2.36. The summed E-state index contributed by atoms with van der Waals surface area (Å²) in [5, 5.41) is 0. The van der Waals surface area contributed by atoms with Gasteiger partial charge in [0.1, 0.15) is 5.75 Å². The molecule has 1 unspecified atom stereocenters. The molecule has 0 aromatic heterocycles. The average Bonchev–Trinajstić information content (AvgIpc) is 2.82. The van der Waals surface area contributed by atoms with Crippen molar-refractivity contribution in [3.63, 3.8) is 0 Å². The average molecular weight is 457 g/mol. The zero-order valence-electron chi connectivity index (χ0n) is 20.4. The number of methoxy groups -OCH3 is 3. The smallest absolute Gasteiger partial charge is 0.254 e. The summed E-state index contributed by atoms with van der Waals surface area (Å²) in [6.07, 6.45) is -0.0489. The number of carbonyl (C=O) groups is 1. The molecule has 1 saturated heterocycles. The van der Waals surface area contributed by atoms with Gasteiger partial charge in [0.15, 0.2) is 11.5 Å². The molecule has 0 N–H and O–H groups in total. The van der Waals surface area contributed by atoms with E-state index in [9.17, 15) is 4.79 Å². The van der Waals surface area contributed by atoms with Crippen LogP contribution in [0, 0.1) is 5.92 Å². The maximum Gasteiger partial charge on any atom is 0.254 e. The summed E-state index contributed by atoms with van der Waals surface area (Å²) in [5.74, 6) is 2.32. The minimum absolute atomic E-state index is 0.0295. The van der Waals surface area contributed by atoms with Crippen molar-refractivity contribution in [2.45, 2.75) is 26.5 Å². The molecule has 33 heavy (non-hydrogen) atoms. The predicted molar refractivity (Wildman–Crippen MR) is 128 cm³/mol. The Balaban J connectivity index is 1.69. The van der Waals surface area contributed by atoms with Gasteiger partial charge in [-0.05, 0) is 41.8 Å². The highest BCUT2D eigenvalue weighted by molar-refractivity contribution is 5.95. The monoisotopic (exact) mass is 456 g/mol. The second-order valence-corrected chi connectivity index (χ2v) is 8.75. The third kappa shape index (κ3) is 6.85. The molecule has 180 valence electrons. The standard InChI is InChI=1S/C26H36N2O5/c1-19(2)15-28(26(29)21-9-10-24(31-4)25(14-21)32-5)18-23-17-27(11-12-33-23)16-20-7-6-8-22(13-20)30-3/h6-10,13-14,19,23H,11-12,15-18H2,1-5H3. The van der Waals surface area contributed by atoms with Crippen LogP contribution in [0.2, 0.25) is 0 Å². The molecule has 0 aliphatic carbocycles. The number of amides is 1. The second-order valence-electron chi connectivity index (χ2n) is 8.75. The summed E-state index contributed by atoms with van der Waals surface area (Å²) in [5.41, 5.74) is 1.78. The van der Waals surface area contributed by atoms with Gasteiger partial charge in [-0.25, -0.2) is 0 Å². The Morgan fingerprint density at radius 1 is 1.09 bits per heavy atom. The van der Waals surface area contributed by atoms with Crippen LogP contribution in [0.1, 0.15) is 29.8 Å². The van der Waals surface area contributed by atoms with Crippen LogP contribution in [0.15, 0.2) is 42.5 Å². The lowest BCUT2D eigenvalue weighted by molar-refractivity contribution is -0.0438. The largest absolute Gasteiger partial charge is 0.497 e. The number of morpholine rings is 1. The molecule has 1 heterocycles. The Labute approximate surface area is 197 Å². The molecule has 7 nitrogen and oxygen atoms in total. The van der Waals surface area contributed by atoms with Crippen molar-refractivity contribution < 1.29 is 23.7 Å². The van der Waals surface area contributed by atoms with E-state index < -0.39 is 0 Å². The van der Waals surface area contributed by atoms with Crippen molar-refractivity contribution in [1.29, 1.82) is 0 Å². The molecule has 0 bridgehead atoms. The van der Waals surface area contributed by atoms with E-state index >= 15 is 0 Å². The number of hydrogen-bond acceptors (Lipinski definition) is 6. The van der Waals surface area contributed by atoms with Crippen molar-refractivity contribution in [1.82, 2.24) is 9.80 Å². The van der Waals surface area contributed by atoms with Gasteiger partial charge in [0.25, 0.3) is 5.91 Å². The number of benzene rings is 2. The molecular weight excluding hydrogens is 420 g/mol. The number of ether oxygens (including phenoxy) is 4. The predicted octanol–water partition coefficient (Wildman–Crippen LogP) is 3.71. The van der Waals surface area contributed by atoms with Crippen molar-refractivity contribution >= 4 is 5.91 Å². The van der Waals surface area contributed by atoms with Gasteiger partial charge in [0.05, 0.1) is 34.0 Å². The summed E-state index contributed by atoms with van der Waals surface area (Å²) in [6.45, 7) is 8.53. The lowest BCUT2D eigenvalue weighted by Crippen LogP contribution is -2.49. The van der Waals surface area contributed by atoms with Gasteiger partial charge in [-0.2, -0.15) is 0 Å². The van der Waals surface area contributed by atoms with E-state index in [0.717, 1.165) is 25.4 Å². The number of rotatable bonds is 10. The molecule has 1 fully saturated rings. The fraction of sp³-hybridized carbons (Fsp3) is 0.500. The fourth-order valence-corrected chi connectivity index (χ4v) is 4.14. The second kappa shape index (κ2) is 11.9. The number of nitrogens with zero attached hydrogens (tertiary/aromatic N) is 2. The first-order valence-electron chi connectivity index (χ1n) is 11.4. The zero-order chi connectivity index (χ0) is 23.8. The zero-order valence-corrected chi connectivity index (χ0v) is 20.4. The normalized spacial score (nSPS) is 16.5. The lowest BCUT2D eigenvalue weighted by atomic mass is 10.1. The van der Waals surface area contributed by atoms with E-state index in [1.54, 1.807) is 39.5 Å². The van der Waals surface area contributed by atoms with Gasteiger partial charge in [0.2, 0.25) is 0 Å². The maximum absolute atomic E-state index is 13.4. The van der Waals surface area contributed by atoms with E-state index in [4.69, 9.17) is 18.9 Å². The molecule has 0 radical (unpaired) electrons. The first-order valence-corrected chi connectivity index (χ1v) is 11.4. The highest BCUT2D eigenvalue weighted by Gasteiger charge is 2.26.